The Hall–Kier alpha value is -3.99. The van der Waals surface area contributed by atoms with Crippen LogP contribution in [0.2, 0.25) is 0 Å². The highest BCUT2D eigenvalue weighted by molar-refractivity contribution is 5.94. The van der Waals surface area contributed by atoms with E-state index in [0.29, 0.717) is 29.9 Å². The summed E-state index contributed by atoms with van der Waals surface area (Å²) in [4.78, 5) is 33.8. The molecule has 37 heavy (non-hydrogen) atoms. The lowest BCUT2D eigenvalue weighted by Crippen LogP contribution is -2.46. The monoisotopic (exact) mass is 512 g/mol. The van der Waals surface area contributed by atoms with Crippen molar-refractivity contribution >= 4 is 23.5 Å². The van der Waals surface area contributed by atoms with Crippen LogP contribution < -0.4 is 16.4 Å². The van der Waals surface area contributed by atoms with Gasteiger partial charge in [-0.2, -0.15) is 13.2 Å². The summed E-state index contributed by atoms with van der Waals surface area (Å²) in [6.07, 6.45) is -3.62. The third-order valence-corrected chi connectivity index (χ3v) is 6.08. The van der Waals surface area contributed by atoms with Crippen molar-refractivity contribution in [2.24, 2.45) is 5.73 Å². The number of nitrogens with zero attached hydrogens (tertiary/aromatic N) is 3. The fraction of sp³-hybridized carbons (Fsp3) is 0.308. The van der Waals surface area contributed by atoms with Crippen LogP contribution in [-0.4, -0.2) is 52.9 Å². The second kappa shape index (κ2) is 11.4. The van der Waals surface area contributed by atoms with E-state index < -0.39 is 17.6 Å². The lowest BCUT2D eigenvalue weighted by Gasteiger charge is -2.27. The van der Waals surface area contributed by atoms with Gasteiger partial charge in [-0.25, -0.2) is 9.97 Å². The first-order valence-electron chi connectivity index (χ1n) is 11.9. The number of alkyl halides is 3. The zero-order chi connectivity index (χ0) is 26.4. The number of primary amides is 1. The number of anilines is 2. The van der Waals surface area contributed by atoms with Gasteiger partial charge in [-0.1, -0.05) is 24.3 Å². The van der Waals surface area contributed by atoms with Crippen molar-refractivity contribution in [3.63, 3.8) is 0 Å². The molecule has 194 valence electrons. The Bertz CT molecular complexity index is 1260. The summed E-state index contributed by atoms with van der Waals surface area (Å²) in [5, 5.41) is 6.12. The Kier molecular flexibility index (Phi) is 8.02. The third-order valence-electron chi connectivity index (χ3n) is 6.08. The molecule has 2 amide bonds. The first kappa shape index (κ1) is 26.1. The molecule has 2 heterocycles. The van der Waals surface area contributed by atoms with Crippen LogP contribution in [0.5, 0.6) is 0 Å². The summed E-state index contributed by atoms with van der Waals surface area (Å²) in [5.41, 5.74) is 6.68. The van der Waals surface area contributed by atoms with Crippen molar-refractivity contribution in [1.29, 1.82) is 0 Å². The van der Waals surface area contributed by atoms with Crippen LogP contribution in [0, 0.1) is 0 Å². The Morgan fingerprint density at radius 2 is 1.68 bits per heavy atom. The first-order valence-corrected chi connectivity index (χ1v) is 11.9. The molecule has 0 unspecified atom stereocenters. The standard InChI is InChI=1S/C26H27F3N6O2/c27-26(28,29)21-16-32-25(34-22(21)10-7-17-3-1-2-4-19(17)15-23(30)36)33-20-8-5-18(6-9-20)24(37)35-13-11-31-12-14-35/h1-6,8-9,16,31H,7,10-15H2,(H2,30,36)(H,32,33,34). The van der Waals surface area contributed by atoms with E-state index in [2.05, 4.69) is 20.6 Å². The third kappa shape index (κ3) is 6.82. The molecule has 8 nitrogen and oxygen atoms in total. The number of carbonyl (C=O) groups is 2. The molecular weight excluding hydrogens is 485 g/mol. The van der Waals surface area contributed by atoms with Crippen molar-refractivity contribution in [2.45, 2.75) is 25.4 Å². The molecule has 11 heteroatoms. The van der Waals surface area contributed by atoms with Crippen LogP contribution in [0.1, 0.15) is 32.7 Å². The van der Waals surface area contributed by atoms with Gasteiger partial charge in [0, 0.05) is 43.6 Å². The number of benzene rings is 2. The molecule has 1 saturated heterocycles. The number of nitrogens with two attached hydrogens (primary N) is 1. The van der Waals surface area contributed by atoms with Gasteiger partial charge < -0.3 is 21.3 Å². The second-order valence-electron chi connectivity index (χ2n) is 8.71. The van der Waals surface area contributed by atoms with E-state index in [1.807, 2.05) is 0 Å². The smallest absolute Gasteiger partial charge is 0.369 e. The van der Waals surface area contributed by atoms with Crippen molar-refractivity contribution in [1.82, 2.24) is 20.2 Å². The average molecular weight is 513 g/mol. The Morgan fingerprint density at radius 3 is 2.32 bits per heavy atom. The summed E-state index contributed by atoms with van der Waals surface area (Å²) in [6.45, 7) is 2.76. The minimum absolute atomic E-state index is 0.00598. The van der Waals surface area contributed by atoms with Crippen molar-refractivity contribution < 1.29 is 22.8 Å². The Morgan fingerprint density at radius 1 is 1.00 bits per heavy atom. The number of piperazine rings is 1. The zero-order valence-electron chi connectivity index (χ0n) is 20.0. The molecular formula is C26H27F3N6O2. The Balaban J connectivity index is 1.50. The number of halogens is 3. The molecule has 0 atom stereocenters. The molecule has 0 saturated carbocycles. The number of hydrogen-bond acceptors (Lipinski definition) is 6. The molecule has 4 rings (SSSR count). The molecule has 1 aliphatic heterocycles. The van der Waals surface area contributed by atoms with Gasteiger partial charge in [-0.3, -0.25) is 9.59 Å². The number of amides is 2. The minimum Gasteiger partial charge on any atom is -0.369 e. The van der Waals surface area contributed by atoms with E-state index in [0.717, 1.165) is 24.8 Å². The van der Waals surface area contributed by atoms with Gasteiger partial charge >= 0.3 is 6.18 Å². The number of aryl methyl sites for hydroxylation is 2. The maximum absolute atomic E-state index is 13.7. The maximum Gasteiger partial charge on any atom is 0.419 e. The minimum atomic E-state index is -4.62. The van der Waals surface area contributed by atoms with Gasteiger partial charge in [0.25, 0.3) is 5.91 Å². The van der Waals surface area contributed by atoms with Gasteiger partial charge in [0.1, 0.15) is 0 Å². The normalized spacial score (nSPS) is 13.9. The van der Waals surface area contributed by atoms with E-state index in [1.54, 1.807) is 53.4 Å². The highest BCUT2D eigenvalue weighted by Gasteiger charge is 2.35. The number of nitrogens with one attached hydrogen (secondary N) is 2. The predicted octanol–water partition coefficient (Wildman–Crippen LogP) is 3.10. The number of rotatable bonds is 8. The number of carbonyl (C=O) groups excluding carboxylic acids is 2. The SMILES string of the molecule is NC(=O)Cc1ccccc1CCc1nc(Nc2ccc(C(=O)N3CCNCC3)cc2)ncc1C(F)(F)F. The predicted molar refractivity (Wildman–Crippen MR) is 132 cm³/mol. The van der Waals surface area contributed by atoms with Crippen LogP contribution in [0.3, 0.4) is 0 Å². The van der Waals surface area contributed by atoms with Crippen LogP contribution >= 0.6 is 0 Å². The lowest BCUT2D eigenvalue weighted by atomic mass is 9.98. The maximum atomic E-state index is 13.7. The van der Waals surface area contributed by atoms with Crippen LogP contribution in [0.25, 0.3) is 0 Å². The molecule has 3 aromatic rings. The van der Waals surface area contributed by atoms with Crippen LogP contribution in [-0.2, 0) is 30.2 Å². The van der Waals surface area contributed by atoms with Gasteiger partial charge in [0.05, 0.1) is 17.7 Å². The second-order valence-corrected chi connectivity index (χ2v) is 8.71. The lowest BCUT2D eigenvalue weighted by molar-refractivity contribution is -0.138. The van der Waals surface area contributed by atoms with Crippen LogP contribution in [0.15, 0.2) is 54.7 Å². The van der Waals surface area contributed by atoms with Gasteiger partial charge in [-0.15, -0.1) is 0 Å². The summed E-state index contributed by atoms with van der Waals surface area (Å²) in [7, 11) is 0. The fourth-order valence-electron chi connectivity index (χ4n) is 4.20. The molecule has 0 spiro atoms. The molecule has 2 aromatic carbocycles. The largest absolute Gasteiger partial charge is 0.419 e. The van der Waals surface area contributed by atoms with Crippen molar-refractivity contribution in [3.05, 3.63) is 82.7 Å². The van der Waals surface area contributed by atoms with Gasteiger partial charge in [0.15, 0.2) is 0 Å². The van der Waals surface area contributed by atoms with E-state index in [-0.39, 0.29) is 36.8 Å². The number of hydrogen-bond donors (Lipinski definition) is 3. The van der Waals surface area contributed by atoms with Crippen LogP contribution in [0.4, 0.5) is 24.8 Å². The molecule has 4 N–H and O–H groups in total. The molecule has 0 bridgehead atoms. The summed E-state index contributed by atoms with van der Waals surface area (Å²) >= 11 is 0. The average Bonchev–Trinajstić information content (AvgIpc) is 2.88. The highest BCUT2D eigenvalue weighted by Crippen LogP contribution is 2.32. The molecule has 1 aliphatic rings. The van der Waals surface area contributed by atoms with E-state index >= 15 is 0 Å². The quantitative estimate of drug-likeness (QED) is 0.428. The van der Waals surface area contributed by atoms with Crippen molar-refractivity contribution in [3.8, 4) is 0 Å². The van der Waals surface area contributed by atoms with Gasteiger partial charge in [0.2, 0.25) is 11.9 Å². The topological polar surface area (TPSA) is 113 Å². The summed E-state index contributed by atoms with van der Waals surface area (Å²) in [5.74, 6) is -0.579. The summed E-state index contributed by atoms with van der Waals surface area (Å²) < 4.78 is 41.0. The number of aromatic nitrogens is 2. The summed E-state index contributed by atoms with van der Waals surface area (Å²) in [6, 6.07) is 13.6. The fourth-order valence-corrected chi connectivity index (χ4v) is 4.20. The van der Waals surface area contributed by atoms with E-state index in [9.17, 15) is 22.8 Å². The molecule has 0 radical (unpaired) electrons. The zero-order valence-corrected chi connectivity index (χ0v) is 20.0. The van der Waals surface area contributed by atoms with Crippen molar-refractivity contribution in [2.75, 3.05) is 31.5 Å². The molecule has 1 aromatic heterocycles. The van der Waals surface area contributed by atoms with E-state index in [4.69, 9.17) is 5.73 Å². The Labute approximate surface area is 212 Å². The highest BCUT2D eigenvalue weighted by atomic mass is 19.4. The molecule has 1 fully saturated rings. The van der Waals surface area contributed by atoms with E-state index in [1.165, 1.54) is 0 Å². The molecule has 0 aliphatic carbocycles. The first-order chi connectivity index (χ1) is 17.7. The van der Waals surface area contributed by atoms with Gasteiger partial charge in [-0.05, 0) is 48.2 Å².